The summed E-state index contributed by atoms with van der Waals surface area (Å²) in [6.45, 7) is 7.71. The lowest BCUT2D eigenvalue weighted by atomic mass is 9.85. The van der Waals surface area contributed by atoms with Gasteiger partial charge in [0.2, 0.25) is 0 Å². The van der Waals surface area contributed by atoms with Gasteiger partial charge in [0.05, 0.1) is 24.9 Å². The van der Waals surface area contributed by atoms with Gasteiger partial charge in [-0.1, -0.05) is 19.1 Å². The number of allylic oxidation sites excluding steroid dienone is 2. The molecule has 0 aromatic heterocycles. The first-order chi connectivity index (χ1) is 8.88. The Kier molecular flexibility index (Phi) is 7.00. The number of ether oxygens (including phenoxy) is 1. The standard InChI is InChI=1S/C15H29NO3/c1-12-6-4-5-7-13(12)9-19-10-14(17)8-16-11-15(2,3)18/h4-5,12-14,16-18H,6-11H2,1-3H3. The van der Waals surface area contributed by atoms with E-state index in [2.05, 4.69) is 24.4 Å². The van der Waals surface area contributed by atoms with Crippen LogP contribution >= 0.6 is 0 Å². The highest BCUT2D eigenvalue weighted by Gasteiger charge is 2.19. The molecule has 0 saturated carbocycles. The Morgan fingerprint density at radius 3 is 2.68 bits per heavy atom. The zero-order valence-electron chi connectivity index (χ0n) is 12.4. The van der Waals surface area contributed by atoms with E-state index in [1.54, 1.807) is 13.8 Å². The topological polar surface area (TPSA) is 61.7 Å². The average Bonchev–Trinajstić information content (AvgIpc) is 2.30. The number of rotatable bonds is 8. The van der Waals surface area contributed by atoms with Crippen molar-refractivity contribution in [3.8, 4) is 0 Å². The molecular weight excluding hydrogens is 242 g/mol. The van der Waals surface area contributed by atoms with Crippen LogP contribution in [0.15, 0.2) is 12.2 Å². The fourth-order valence-corrected chi connectivity index (χ4v) is 2.20. The molecule has 4 heteroatoms. The maximum Gasteiger partial charge on any atom is 0.0897 e. The van der Waals surface area contributed by atoms with Crippen molar-refractivity contribution in [1.29, 1.82) is 0 Å². The molecule has 0 aliphatic heterocycles. The summed E-state index contributed by atoms with van der Waals surface area (Å²) in [6.07, 6.45) is 6.14. The molecule has 1 rings (SSSR count). The van der Waals surface area contributed by atoms with Gasteiger partial charge < -0.3 is 20.3 Å². The zero-order chi connectivity index (χ0) is 14.3. The third kappa shape index (κ3) is 7.67. The van der Waals surface area contributed by atoms with E-state index in [-0.39, 0.29) is 0 Å². The third-order valence-corrected chi connectivity index (χ3v) is 3.50. The monoisotopic (exact) mass is 271 g/mol. The van der Waals surface area contributed by atoms with E-state index in [4.69, 9.17) is 4.74 Å². The van der Waals surface area contributed by atoms with Crippen LogP contribution in [0, 0.1) is 11.8 Å². The normalized spacial score (nSPS) is 25.5. The Morgan fingerprint density at radius 1 is 1.37 bits per heavy atom. The molecule has 0 aromatic rings. The third-order valence-electron chi connectivity index (χ3n) is 3.50. The van der Waals surface area contributed by atoms with Crippen LogP contribution in [0.1, 0.15) is 33.6 Å². The van der Waals surface area contributed by atoms with Crippen molar-refractivity contribution in [3.05, 3.63) is 12.2 Å². The first-order valence-corrected chi connectivity index (χ1v) is 7.22. The fourth-order valence-electron chi connectivity index (χ4n) is 2.20. The van der Waals surface area contributed by atoms with Crippen LogP contribution in [0.2, 0.25) is 0 Å². The Bertz CT molecular complexity index is 273. The number of hydrogen-bond acceptors (Lipinski definition) is 4. The molecule has 1 aliphatic rings. The van der Waals surface area contributed by atoms with Gasteiger partial charge in [-0.15, -0.1) is 0 Å². The molecule has 19 heavy (non-hydrogen) atoms. The van der Waals surface area contributed by atoms with Crippen LogP contribution in [0.3, 0.4) is 0 Å². The highest BCUT2D eigenvalue weighted by molar-refractivity contribution is 4.93. The van der Waals surface area contributed by atoms with E-state index in [9.17, 15) is 10.2 Å². The number of aliphatic hydroxyl groups is 2. The van der Waals surface area contributed by atoms with Crippen LogP contribution in [0.5, 0.6) is 0 Å². The van der Waals surface area contributed by atoms with Crippen molar-refractivity contribution in [2.45, 2.75) is 45.3 Å². The quantitative estimate of drug-likeness (QED) is 0.583. The van der Waals surface area contributed by atoms with E-state index in [1.807, 2.05) is 0 Å². The molecule has 0 aromatic carbocycles. The summed E-state index contributed by atoms with van der Waals surface area (Å²) in [5, 5.41) is 22.3. The Labute approximate surface area is 116 Å². The minimum absolute atomic E-state index is 0.353. The summed E-state index contributed by atoms with van der Waals surface area (Å²) in [5.74, 6) is 1.23. The van der Waals surface area contributed by atoms with Gasteiger partial charge >= 0.3 is 0 Å². The molecular formula is C15H29NO3. The van der Waals surface area contributed by atoms with Crippen molar-refractivity contribution < 1.29 is 14.9 Å². The molecule has 0 amide bonds. The maximum absolute atomic E-state index is 9.76. The van der Waals surface area contributed by atoms with Crippen molar-refractivity contribution in [2.75, 3.05) is 26.3 Å². The first-order valence-electron chi connectivity index (χ1n) is 7.22. The average molecular weight is 271 g/mol. The largest absolute Gasteiger partial charge is 0.389 e. The zero-order valence-corrected chi connectivity index (χ0v) is 12.4. The van der Waals surface area contributed by atoms with Crippen LogP contribution < -0.4 is 5.32 Å². The lowest BCUT2D eigenvalue weighted by Gasteiger charge is -2.25. The van der Waals surface area contributed by atoms with E-state index in [1.165, 1.54) is 0 Å². The van der Waals surface area contributed by atoms with Gasteiger partial charge in [-0.3, -0.25) is 0 Å². The summed E-state index contributed by atoms with van der Waals surface area (Å²) in [7, 11) is 0. The summed E-state index contributed by atoms with van der Waals surface area (Å²) in [4.78, 5) is 0. The van der Waals surface area contributed by atoms with Gasteiger partial charge in [0, 0.05) is 13.1 Å². The molecule has 3 atom stereocenters. The van der Waals surface area contributed by atoms with E-state index >= 15 is 0 Å². The van der Waals surface area contributed by atoms with Crippen molar-refractivity contribution in [3.63, 3.8) is 0 Å². The molecule has 1 aliphatic carbocycles. The van der Waals surface area contributed by atoms with Gasteiger partial charge in [0.15, 0.2) is 0 Å². The lowest BCUT2D eigenvalue weighted by molar-refractivity contribution is 0.00945. The van der Waals surface area contributed by atoms with E-state index < -0.39 is 11.7 Å². The molecule has 3 unspecified atom stereocenters. The molecule has 0 radical (unpaired) electrons. The smallest absolute Gasteiger partial charge is 0.0897 e. The van der Waals surface area contributed by atoms with Crippen LogP contribution in [0.4, 0.5) is 0 Å². The first kappa shape index (κ1) is 16.6. The summed E-state index contributed by atoms with van der Waals surface area (Å²) in [6, 6.07) is 0. The summed E-state index contributed by atoms with van der Waals surface area (Å²) >= 11 is 0. The van der Waals surface area contributed by atoms with E-state index in [0.717, 1.165) is 12.8 Å². The predicted octanol–water partition coefficient (Wildman–Crippen LogP) is 1.33. The SMILES string of the molecule is CC1CC=CCC1COCC(O)CNCC(C)(C)O. The number of nitrogens with one attached hydrogen (secondary N) is 1. The van der Waals surface area contributed by atoms with Gasteiger partial charge in [0.25, 0.3) is 0 Å². The Balaban J connectivity index is 2.07. The maximum atomic E-state index is 9.76. The van der Waals surface area contributed by atoms with Crippen LogP contribution in [-0.4, -0.2) is 48.2 Å². The second kappa shape index (κ2) is 8.00. The Hall–Kier alpha value is -0.420. The predicted molar refractivity (Wildman–Crippen MR) is 77.0 cm³/mol. The summed E-state index contributed by atoms with van der Waals surface area (Å²) < 4.78 is 5.60. The van der Waals surface area contributed by atoms with Gasteiger partial charge in [-0.2, -0.15) is 0 Å². The molecule has 3 N–H and O–H groups in total. The molecule has 0 spiro atoms. The molecule has 0 fully saturated rings. The van der Waals surface area contributed by atoms with Crippen LogP contribution in [-0.2, 0) is 4.74 Å². The Morgan fingerprint density at radius 2 is 2.05 bits per heavy atom. The highest BCUT2D eigenvalue weighted by Crippen LogP contribution is 2.24. The van der Waals surface area contributed by atoms with Gasteiger partial charge in [-0.25, -0.2) is 0 Å². The lowest BCUT2D eigenvalue weighted by Crippen LogP contribution is -2.39. The van der Waals surface area contributed by atoms with Crippen molar-refractivity contribution in [2.24, 2.45) is 11.8 Å². The van der Waals surface area contributed by atoms with E-state index in [0.29, 0.717) is 38.1 Å². The second-order valence-corrected chi connectivity index (χ2v) is 6.31. The number of aliphatic hydroxyl groups excluding tert-OH is 1. The minimum atomic E-state index is -0.746. The second-order valence-electron chi connectivity index (χ2n) is 6.31. The molecule has 4 nitrogen and oxygen atoms in total. The highest BCUT2D eigenvalue weighted by atomic mass is 16.5. The molecule has 0 saturated heterocycles. The van der Waals surface area contributed by atoms with Crippen molar-refractivity contribution >= 4 is 0 Å². The fraction of sp³-hybridized carbons (Fsp3) is 0.867. The molecule has 0 heterocycles. The van der Waals surface area contributed by atoms with Crippen molar-refractivity contribution in [1.82, 2.24) is 5.32 Å². The number of hydrogen-bond donors (Lipinski definition) is 3. The van der Waals surface area contributed by atoms with Gasteiger partial charge in [0.1, 0.15) is 0 Å². The van der Waals surface area contributed by atoms with Gasteiger partial charge in [-0.05, 0) is 38.5 Å². The summed E-state index contributed by atoms with van der Waals surface area (Å²) in [5.41, 5.74) is -0.746. The molecule has 112 valence electrons. The minimum Gasteiger partial charge on any atom is -0.389 e. The molecule has 0 bridgehead atoms. The van der Waals surface area contributed by atoms with Crippen LogP contribution in [0.25, 0.3) is 0 Å².